The summed E-state index contributed by atoms with van der Waals surface area (Å²) in [5.41, 5.74) is 0.719. The Hall–Kier alpha value is -1.40. The van der Waals surface area contributed by atoms with Gasteiger partial charge in [-0.25, -0.2) is 4.98 Å². The molecule has 1 amide bonds. The summed E-state index contributed by atoms with van der Waals surface area (Å²) >= 11 is 23.8. The van der Waals surface area contributed by atoms with Gasteiger partial charge in [0.15, 0.2) is 11.5 Å². The highest BCUT2D eigenvalue weighted by atomic mass is 35.5. The molecular formula is C18H18Cl4N2O3. The van der Waals surface area contributed by atoms with Gasteiger partial charge in [-0.2, -0.15) is 0 Å². The van der Waals surface area contributed by atoms with E-state index in [1.807, 2.05) is 32.9 Å². The zero-order chi connectivity index (χ0) is 20.1. The highest BCUT2D eigenvalue weighted by Gasteiger charge is 2.22. The number of hydrogen-bond acceptors (Lipinski definition) is 4. The zero-order valence-corrected chi connectivity index (χ0v) is 17.9. The molecule has 0 saturated heterocycles. The first-order valence-corrected chi connectivity index (χ1v) is 9.71. The Morgan fingerprint density at radius 2 is 1.67 bits per heavy atom. The highest BCUT2D eigenvalue weighted by Crippen LogP contribution is 2.36. The van der Waals surface area contributed by atoms with Gasteiger partial charge in [-0.3, -0.25) is 4.79 Å². The molecule has 1 heterocycles. The Labute approximate surface area is 177 Å². The molecule has 0 aliphatic carbocycles. The number of ether oxygens (including phenoxy) is 2. The summed E-state index contributed by atoms with van der Waals surface area (Å²) < 4.78 is 11.2. The summed E-state index contributed by atoms with van der Waals surface area (Å²) in [6.45, 7) is 6.61. The van der Waals surface area contributed by atoms with Crippen LogP contribution < -0.4 is 14.8 Å². The van der Waals surface area contributed by atoms with Crippen LogP contribution >= 0.6 is 46.4 Å². The number of carbonyl (C=O) groups excluding carboxylic acids is 1. The molecule has 1 aromatic heterocycles. The smallest absolute Gasteiger partial charge is 0.272 e. The second-order valence-corrected chi connectivity index (χ2v) is 6.95. The average Bonchev–Trinajstić information content (AvgIpc) is 2.64. The molecular weight excluding hydrogens is 434 g/mol. The number of benzene rings is 1. The molecule has 0 saturated carbocycles. The lowest BCUT2D eigenvalue weighted by Gasteiger charge is -2.18. The van der Waals surface area contributed by atoms with E-state index >= 15 is 0 Å². The molecule has 1 atom stereocenters. The number of halogens is 4. The predicted octanol–water partition coefficient (Wildman–Crippen LogP) is 5.98. The highest BCUT2D eigenvalue weighted by molar-refractivity contribution is 6.52. The van der Waals surface area contributed by atoms with Gasteiger partial charge in [0.2, 0.25) is 0 Å². The van der Waals surface area contributed by atoms with Crippen LogP contribution in [-0.4, -0.2) is 24.1 Å². The van der Waals surface area contributed by atoms with Crippen molar-refractivity contribution >= 4 is 52.3 Å². The molecule has 0 aliphatic rings. The average molecular weight is 452 g/mol. The van der Waals surface area contributed by atoms with Crippen LogP contribution in [-0.2, 0) is 0 Å². The topological polar surface area (TPSA) is 60.5 Å². The lowest BCUT2D eigenvalue weighted by molar-refractivity contribution is 0.0935. The van der Waals surface area contributed by atoms with Gasteiger partial charge in [-0.05, 0) is 38.5 Å². The largest absolute Gasteiger partial charge is 0.490 e. The maximum atomic E-state index is 12.6. The third kappa shape index (κ3) is 5.11. The third-order valence-electron chi connectivity index (χ3n) is 3.61. The van der Waals surface area contributed by atoms with E-state index in [1.54, 1.807) is 6.07 Å². The molecule has 1 N–H and O–H groups in total. The van der Waals surface area contributed by atoms with Crippen molar-refractivity contribution in [1.29, 1.82) is 0 Å². The van der Waals surface area contributed by atoms with E-state index in [1.165, 1.54) is 0 Å². The molecule has 2 rings (SSSR count). The van der Waals surface area contributed by atoms with Crippen molar-refractivity contribution in [3.63, 3.8) is 0 Å². The Balaban J connectivity index is 2.25. The van der Waals surface area contributed by atoms with Gasteiger partial charge in [0, 0.05) is 0 Å². The van der Waals surface area contributed by atoms with Crippen LogP contribution in [0.15, 0.2) is 18.2 Å². The van der Waals surface area contributed by atoms with E-state index in [2.05, 4.69) is 10.3 Å². The van der Waals surface area contributed by atoms with E-state index < -0.39 is 5.91 Å². The minimum absolute atomic E-state index is 0.000742. The molecule has 2 aromatic rings. The molecule has 9 heteroatoms. The van der Waals surface area contributed by atoms with Crippen LogP contribution in [0.3, 0.4) is 0 Å². The number of carbonyl (C=O) groups is 1. The molecule has 1 unspecified atom stereocenters. The molecule has 0 radical (unpaired) electrons. The van der Waals surface area contributed by atoms with Crippen molar-refractivity contribution in [2.75, 3.05) is 13.2 Å². The van der Waals surface area contributed by atoms with Crippen LogP contribution in [0, 0.1) is 0 Å². The minimum Gasteiger partial charge on any atom is -0.490 e. The standard InChI is InChI=1S/C18H18Cl4N2O3/c1-4-26-11-7-6-10(8-12(11)27-5-2)9(3)23-18(25)16-14(20)13(19)15(21)17(22)24-16/h6-9H,4-5H2,1-3H3,(H,23,25). The van der Waals surface area contributed by atoms with Crippen LogP contribution in [0.1, 0.15) is 42.9 Å². The zero-order valence-electron chi connectivity index (χ0n) is 14.9. The number of aromatic nitrogens is 1. The van der Waals surface area contributed by atoms with E-state index in [-0.39, 0.29) is 32.0 Å². The maximum Gasteiger partial charge on any atom is 0.272 e. The van der Waals surface area contributed by atoms with Crippen molar-refractivity contribution in [3.8, 4) is 11.5 Å². The first-order chi connectivity index (χ1) is 12.8. The van der Waals surface area contributed by atoms with Gasteiger partial charge in [0.25, 0.3) is 5.91 Å². The van der Waals surface area contributed by atoms with Crippen LogP contribution in [0.4, 0.5) is 0 Å². The maximum absolute atomic E-state index is 12.6. The minimum atomic E-state index is -0.528. The lowest BCUT2D eigenvalue weighted by atomic mass is 10.1. The summed E-state index contributed by atoms with van der Waals surface area (Å²) in [6, 6.07) is 5.10. The van der Waals surface area contributed by atoms with Gasteiger partial charge in [-0.15, -0.1) is 0 Å². The van der Waals surface area contributed by atoms with Crippen LogP contribution in [0.25, 0.3) is 0 Å². The molecule has 0 spiro atoms. The van der Waals surface area contributed by atoms with Gasteiger partial charge in [0.05, 0.1) is 34.3 Å². The van der Waals surface area contributed by atoms with Crippen molar-refractivity contribution in [2.45, 2.75) is 26.8 Å². The normalized spacial score (nSPS) is 11.8. The summed E-state index contributed by atoms with van der Waals surface area (Å²) in [5, 5.41) is 2.64. The summed E-state index contributed by atoms with van der Waals surface area (Å²) in [7, 11) is 0. The van der Waals surface area contributed by atoms with E-state index in [4.69, 9.17) is 55.9 Å². The first kappa shape index (κ1) is 21.9. The molecule has 27 heavy (non-hydrogen) atoms. The summed E-state index contributed by atoms with van der Waals surface area (Å²) in [5.74, 6) is 0.717. The first-order valence-electron chi connectivity index (χ1n) is 8.20. The second kappa shape index (κ2) is 9.69. The van der Waals surface area contributed by atoms with Crippen molar-refractivity contribution < 1.29 is 14.3 Å². The fourth-order valence-electron chi connectivity index (χ4n) is 2.32. The molecule has 0 bridgehead atoms. The Morgan fingerprint density at radius 1 is 1.04 bits per heavy atom. The van der Waals surface area contributed by atoms with Crippen LogP contribution in [0.2, 0.25) is 20.2 Å². The molecule has 1 aromatic carbocycles. The van der Waals surface area contributed by atoms with E-state index in [0.717, 1.165) is 5.56 Å². The Morgan fingerprint density at radius 3 is 2.30 bits per heavy atom. The number of pyridine rings is 1. The van der Waals surface area contributed by atoms with E-state index in [9.17, 15) is 4.79 Å². The quantitative estimate of drug-likeness (QED) is 0.525. The number of hydrogen-bond donors (Lipinski definition) is 1. The summed E-state index contributed by atoms with van der Waals surface area (Å²) in [6.07, 6.45) is 0. The number of nitrogens with one attached hydrogen (secondary N) is 1. The SMILES string of the molecule is CCOc1ccc(C(C)NC(=O)c2nc(Cl)c(Cl)c(Cl)c2Cl)cc1OCC. The third-order valence-corrected chi connectivity index (χ3v) is 5.29. The molecule has 5 nitrogen and oxygen atoms in total. The Bertz CT molecular complexity index is 846. The van der Waals surface area contributed by atoms with Gasteiger partial charge < -0.3 is 14.8 Å². The van der Waals surface area contributed by atoms with Gasteiger partial charge in [0.1, 0.15) is 10.8 Å². The Kier molecular flexibility index (Phi) is 7.86. The van der Waals surface area contributed by atoms with Crippen LogP contribution in [0.5, 0.6) is 11.5 Å². The van der Waals surface area contributed by atoms with Crippen molar-refractivity contribution in [1.82, 2.24) is 10.3 Å². The van der Waals surface area contributed by atoms with E-state index in [0.29, 0.717) is 24.7 Å². The van der Waals surface area contributed by atoms with Crippen molar-refractivity contribution in [2.24, 2.45) is 0 Å². The molecule has 0 aliphatic heterocycles. The molecule has 146 valence electrons. The van der Waals surface area contributed by atoms with Gasteiger partial charge in [-0.1, -0.05) is 52.5 Å². The predicted molar refractivity (Wildman–Crippen MR) is 109 cm³/mol. The number of rotatable bonds is 7. The molecule has 0 fully saturated rings. The van der Waals surface area contributed by atoms with Gasteiger partial charge >= 0.3 is 0 Å². The lowest BCUT2D eigenvalue weighted by Crippen LogP contribution is -2.28. The monoisotopic (exact) mass is 450 g/mol. The fraction of sp³-hybridized carbons (Fsp3) is 0.333. The number of amides is 1. The van der Waals surface area contributed by atoms with Crippen molar-refractivity contribution in [3.05, 3.63) is 49.7 Å². The summed E-state index contributed by atoms with van der Waals surface area (Å²) in [4.78, 5) is 16.5. The fourth-order valence-corrected chi connectivity index (χ4v) is 3.14. The number of nitrogens with zero attached hydrogens (tertiary/aromatic N) is 1. The second-order valence-electron chi connectivity index (χ2n) is 5.46.